The molecule has 4 nitrogen and oxygen atoms in total. The Morgan fingerprint density at radius 3 is 2.86 bits per heavy atom. The largest absolute Gasteiger partial charge is 0.351 e. The molecule has 1 aliphatic carbocycles. The molecule has 110 valence electrons. The van der Waals surface area contributed by atoms with Crippen LogP contribution >= 0.6 is 0 Å². The van der Waals surface area contributed by atoms with E-state index < -0.39 is 0 Å². The van der Waals surface area contributed by atoms with Crippen LogP contribution in [-0.4, -0.2) is 18.4 Å². The van der Waals surface area contributed by atoms with E-state index in [1.54, 1.807) is 0 Å². The molecule has 1 atom stereocenters. The van der Waals surface area contributed by atoms with Crippen molar-refractivity contribution in [2.75, 3.05) is 6.54 Å². The van der Waals surface area contributed by atoms with Crippen molar-refractivity contribution in [3.05, 3.63) is 47.7 Å². The zero-order valence-electron chi connectivity index (χ0n) is 12.0. The molecule has 1 fully saturated rings. The van der Waals surface area contributed by atoms with Gasteiger partial charge in [0.1, 0.15) is 0 Å². The number of allylic oxidation sites excluding steroid dienone is 1. The standard InChI is InChI=1S/C17H20N2O2/c20-15-9-11-17(10-5-4-8-14(17)19-15)12-18-16(21)13-6-2-1-3-7-13/h1-3,6-8H,4-5,9-12H2,(H,18,21)(H,19,20). The van der Waals surface area contributed by atoms with Gasteiger partial charge in [-0.3, -0.25) is 9.59 Å². The predicted octanol–water partition coefficient (Wildman–Crippen LogP) is 2.38. The number of piperidine rings is 1. The lowest BCUT2D eigenvalue weighted by molar-refractivity contribution is -0.122. The highest BCUT2D eigenvalue weighted by Crippen LogP contribution is 2.42. The van der Waals surface area contributed by atoms with Gasteiger partial charge in [-0.1, -0.05) is 24.3 Å². The van der Waals surface area contributed by atoms with Crippen molar-refractivity contribution in [3.8, 4) is 0 Å². The van der Waals surface area contributed by atoms with E-state index in [2.05, 4.69) is 16.7 Å². The zero-order chi connectivity index (χ0) is 14.7. The first kappa shape index (κ1) is 13.9. The summed E-state index contributed by atoms with van der Waals surface area (Å²) in [5.74, 6) is 0.0416. The maximum atomic E-state index is 12.2. The molecule has 21 heavy (non-hydrogen) atoms. The number of rotatable bonds is 3. The van der Waals surface area contributed by atoms with Gasteiger partial charge in [-0.2, -0.15) is 0 Å². The quantitative estimate of drug-likeness (QED) is 0.895. The van der Waals surface area contributed by atoms with E-state index >= 15 is 0 Å². The molecule has 0 spiro atoms. The number of hydrogen-bond donors (Lipinski definition) is 2. The second-order valence-electron chi connectivity index (χ2n) is 5.89. The fraction of sp³-hybridized carbons (Fsp3) is 0.412. The third-order valence-corrected chi connectivity index (χ3v) is 4.51. The molecule has 3 rings (SSSR count). The molecule has 0 aromatic heterocycles. The summed E-state index contributed by atoms with van der Waals surface area (Å²) in [4.78, 5) is 23.8. The van der Waals surface area contributed by atoms with Crippen LogP contribution in [0.15, 0.2) is 42.1 Å². The summed E-state index contributed by atoms with van der Waals surface area (Å²) in [6, 6.07) is 9.24. The minimum atomic E-state index is -0.0867. The van der Waals surface area contributed by atoms with Gasteiger partial charge in [-0.25, -0.2) is 0 Å². The second-order valence-corrected chi connectivity index (χ2v) is 5.89. The fourth-order valence-electron chi connectivity index (χ4n) is 3.26. The van der Waals surface area contributed by atoms with Crippen molar-refractivity contribution in [1.82, 2.24) is 10.6 Å². The van der Waals surface area contributed by atoms with Gasteiger partial charge in [-0.15, -0.1) is 0 Å². The van der Waals surface area contributed by atoms with Gasteiger partial charge >= 0.3 is 0 Å². The SMILES string of the molecule is O=C1CCC2(CNC(=O)c3ccccc3)CCCC=C2N1. The summed E-state index contributed by atoms with van der Waals surface area (Å²) in [6.45, 7) is 0.590. The smallest absolute Gasteiger partial charge is 0.251 e. The molecular formula is C17H20N2O2. The minimum absolute atomic E-state index is 0.0493. The predicted molar refractivity (Wildman–Crippen MR) is 80.5 cm³/mol. The summed E-state index contributed by atoms with van der Waals surface area (Å²) in [5, 5.41) is 6.04. The zero-order valence-corrected chi connectivity index (χ0v) is 12.0. The number of fused-ring (bicyclic) bond motifs is 1. The molecule has 1 heterocycles. The van der Waals surface area contributed by atoms with E-state index in [1.165, 1.54) is 0 Å². The van der Waals surface area contributed by atoms with Crippen molar-refractivity contribution in [1.29, 1.82) is 0 Å². The molecule has 1 aromatic rings. The van der Waals surface area contributed by atoms with E-state index in [1.807, 2.05) is 30.3 Å². The summed E-state index contributed by atoms with van der Waals surface area (Å²) < 4.78 is 0. The Balaban J connectivity index is 1.71. The maximum absolute atomic E-state index is 12.2. The lowest BCUT2D eigenvalue weighted by Crippen LogP contribution is -2.48. The van der Waals surface area contributed by atoms with Crippen LogP contribution in [0.1, 0.15) is 42.5 Å². The molecule has 1 unspecified atom stereocenters. The Bertz CT molecular complexity index is 580. The number of nitrogens with one attached hydrogen (secondary N) is 2. The van der Waals surface area contributed by atoms with Gasteiger partial charge in [0.15, 0.2) is 0 Å². The molecule has 4 heteroatoms. The van der Waals surface area contributed by atoms with Crippen LogP contribution in [0.4, 0.5) is 0 Å². The number of hydrogen-bond acceptors (Lipinski definition) is 2. The second kappa shape index (κ2) is 5.72. The average molecular weight is 284 g/mol. The van der Waals surface area contributed by atoms with Gasteiger partial charge in [-0.05, 0) is 37.8 Å². The Morgan fingerprint density at radius 1 is 1.24 bits per heavy atom. The molecule has 2 amide bonds. The molecule has 1 saturated heterocycles. The van der Waals surface area contributed by atoms with E-state index in [4.69, 9.17) is 0 Å². The molecule has 0 bridgehead atoms. The van der Waals surface area contributed by atoms with E-state index in [0.717, 1.165) is 31.4 Å². The first-order valence-electron chi connectivity index (χ1n) is 7.53. The van der Waals surface area contributed by atoms with Gasteiger partial charge in [0, 0.05) is 29.6 Å². The van der Waals surface area contributed by atoms with Crippen molar-refractivity contribution in [3.63, 3.8) is 0 Å². The summed E-state index contributed by atoms with van der Waals surface area (Å²) in [6.07, 6.45) is 6.62. The van der Waals surface area contributed by atoms with E-state index in [0.29, 0.717) is 18.5 Å². The molecule has 0 saturated carbocycles. The van der Waals surface area contributed by atoms with Gasteiger partial charge in [0.2, 0.25) is 5.91 Å². The molecule has 0 radical (unpaired) electrons. The van der Waals surface area contributed by atoms with Crippen molar-refractivity contribution in [2.24, 2.45) is 5.41 Å². The highest BCUT2D eigenvalue weighted by molar-refractivity contribution is 5.94. The summed E-state index contributed by atoms with van der Waals surface area (Å²) in [5.41, 5.74) is 1.60. The normalized spacial score (nSPS) is 24.6. The molecule has 1 aliphatic heterocycles. The van der Waals surface area contributed by atoms with Gasteiger partial charge < -0.3 is 10.6 Å². The van der Waals surface area contributed by atoms with E-state index in [-0.39, 0.29) is 17.2 Å². The van der Waals surface area contributed by atoms with Crippen molar-refractivity contribution in [2.45, 2.75) is 32.1 Å². The highest BCUT2D eigenvalue weighted by Gasteiger charge is 2.40. The fourth-order valence-corrected chi connectivity index (χ4v) is 3.26. The third kappa shape index (κ3) is 2.84. The topological polar surface area (TPSA) is 58.2 Å². The number of carbonyl (C=O) groups excluding carboxylic acids is 2. The molecule has 2 N–H and O–H groups in total. The minimum Gasteiger partial charge on any atom is -0.351 e. The number of carbonyl (C=O) groups is 2. The lowest BCUT2D eigenvalue weighted by Gasteiger charge is -2.42. The summed E-state index contributed by atoms with van der Waals surface area (Å²) in [7, 11) is 0. The van der Waals surface area contributed by atoms with Crippen LogP contribution in [0.3, 0.4) is 0 Å². The number of benzene rings is 1. The van der Waals surface area contributed by atoms with Crippen LogP contribution < -0.4 is 10.6 Å². The van der Waals surface area contributed by atoms with Crippen LogP contribution in [0, 0.1) is 5.41 Å². The van der Waals surface area contributed by atoms with Crippen molar-refractivity contribution >= 4 is 11.8 Å². The van der Waals surface area contributed by atoms with Crippen LogP contribution in [0.25, 0.3) is 0 Å². The van der Waals surface area contributed by atoms with Crippen LogP contribution in [-0.2, 0) is 4.79 Å². The van der Waals surface area contributed by atoms with E-state index in [9.17, 15) is 9.59 Å². The van der Waals surface area contributed by atoms with Gasteiger partial charge in [0.05, 0.1) is 0 Å². The average Bonchev–Trinajstić information content (AvgIpc) is 2.54. The highest BCUT2D eigenvalue weighted by atomic mass is 16.2. The Labute approximate surface area is 124 Å². The summed E-state index contributed by atoms with van der Waals surface area (Å²) >= 11 is 0. The monoisotopic (exact) mass is 284 g/mol. The Kier molecular flexibility index (Phi) is 3.78. The Morgan fingerprint density at radius 2 is 2.05 bits per heavy atom. The lowest BCUT2D eigenvalue weighted by atomic mass is 9.70. The maximum Gasteiger partial charge on any atom is 0.251 e. The van der Waals surface area contributed by atoms with Crippen molar-refractivity contribution < 1.29 is 9.59 Å². The van der Waals surface area contributed by atoms with Crippen LogP contribution in [0.5, 0.6) is 0 Å². The molecule has 1 aromatic carbocycles. The first-order chi connectivity index (χ1) is 10.2. The van der Waals surface area contributed by atoms with Crippen LogP contribution in [0.2, 0.25) is 0 Å². The van der Waals surface area contributed by atoms with Gasteiger partial charge in [0.25, 0.3) is 5.91 Å². The first-order valence-corrected chi connectivity index (χ1v) is 7.53. The molecular weight excluding hydrogens is 264 g/mol. The molecule has 2 aliphatic rings. The Hall–Kier alpha value is -2.10. The number of amides is 2. The third-order valence-electron chi connectivity index (χ3n) is 4.51.